The number of nitrogens with one attached hydrogen (secondary N) is 1. The SMILES string of the molecule is CN(C)CCNC(=O)[C@H]1CC(c2ccc(F)cc2)=NO1. The second-order valence-electron chi connectivity index (χ2n) is 4.94. The van der Waals surface area contributed by atoms with Crippen molar-refractivity contribution >= 4 is 11.6 Å². The van der Waals surface area contributed by atoms with E-state index < -0.39 is 6.10 Å². The summed E-state index contributed by atoms with van der Waals surface area (Å²) in [7, 11) is 3.88. The Morgan fingerprint density at radius 1 is 1.45 bits per heavy atom. The molecule has 0 saturated heterocycles. The predicted octanol–water partition coefficient (Wildman–Crippen LogP) is 0.997. The first-order valence-electron chi connectivity index (χ1n) is 6.47. The van der Waals surface area contributed by atoms with Crippen LogP contribution >= 0.6 is 0 Å². The molecule has 0 aliphatic carbocycles. The highest BCUT2D eigenvalue weighted by atomic mass is 19.1. The molecule has 0 radical (unpaired) electrons. The third-order valence-electron chi connectivity index (χ3n) is 3.00. The van der Waals surface area contributed by atoms with Gasteiger partial charge in [-0.25, -0.2) is 4.39 Å². The summed E-state index contributed by atoms with van der Waals surface area (Å²) in [6, 6.07) is 5.98. The molecule has 0 fully saturated rings. The van der Waals surface area contributed by atoms with Crippen molar-refractivity contribution in [1.29, 1.82) is 0 Å². The van der Waals surface area contributed by atoms with Gasteiger partial charge in [0.15, 0.2) is 0 Å². The zero-order valence-corrected chi connectivity index (χ0v) is 11.6. The Kier molecular flexibility index (Phi) is 4.68. The van der Waals surface area contributed by atoms with Gasteiger partial charge < -0.3 is 15.1 Å². The van der Waals surface area contributed by atoms with Gasteiger partial charge in [0.1, 0.15) is 5.82 Å². The van der Waals surface area contributed by atoms with E-state index in [0.29, 0.717) is 18.7 Å². The van der Waals surface area contributed by atoms with Crippen LogP contribution in [0.2, 0.25) is 0 Å². The summed E-state index contributed by atoms with van der Waals surface area (Å²) in [4.78, 5) is 19.0. The van der Waals surface area contributed by atoms with E-state index in [2.05, 4.69) is 10.5 Å². The number of benzene rings is 1. The molecule has 20 heavy (non-hydrogen) atoms. The minimum Gasteiger partial charge on any atom is -0.382 e. The molecule has 1 N–H and O–H groups in total. The summed E-state index contributed by atoms with van der Waals surface area (Å²) in [5.74, 6) is -0.473. The lowest BCUT2D eigenvalue weighted by Gasteiger charge is -2.12. The second kappa shape index (κ2) is 6.47. The third kappa shape index (κ3) is 3.77. The molecular formula is C14H18FN3O2. The molecule has 1 aliphatic rings. The van der Waals surface area contributed by atoms with E-state index in [-0.39, 0.29) is 11.7 Å². The van der Waals surface area contributed by atoms with Crippen LogP contribution in [0.1, 0.15) is 12.0 Å². The summed E-state index contributed by atoms with van der Waals surface area (Å²) in [6.07, 6.45) is -0.198. The van der Waals surface area contributed by atoms with E-state index in [9.17, 15) is 9.18 Å². The Balaban J connectivity index is 1.84. The Morgan fingerprint density at radius 3 is 2.80 bits per heavy atom. The molecule has 5 nitrogen and oxygen atoms in total. The Bertz CT molecular complexity index is 500. The van der Waals surface area contributed by atoms with Crippen LogP contribution < -0.4 is 5.32 Å². The molecule has 0 saturated carbocycles. The third-order valence-corrected chi connectivity index (χ3v) is 3.00. The minimum absolute atomic E-state index is 0.173. The van der Waals surface area contributed by atoms with Crippen molar-refractivity contribution in [2.45, 2.75) is 12.5 Å². The highest BCUT2D eigenvalue weighted by Gasteiger charge is 2.28. The molecule has 0 aromatic heterocycles. The van der Waals surface area contributed by atoms with E-state index in [0.717, 1.165) is 12.1 Å². The molecule has 6 heteroatoms. The van der Waals surface area contributed by atoms with E-state index >= 15 is 0 Å². The Morgan fingerprint density at radius 2 is 2.15 bits per heavy atom. The number of carbonyl (C=O) groups excluding carboxylic acids is 1. The molecule has 1 atom stereocenters. The molecule has 0 spiro atoms. The summed E-state index contributed by atoms with van der Waals surface area (Å²) in [5.41, 5.74) is 1.44. The number of rotatable bonds is 5. The topological polar surface area (TPSA) is 53.9 Å². The molecule has 108 valence electrons. The average Bonchev–Trinajstić information content (AvgIpc) is 2.88. The fourth-order valence-corrected chi connectivity index (χ4v) is 1.85. The summed E-state index contributed by atoms with van der Waals surface area (Å²) in [5, 5.41) is 6.70. The van der Waals surface area contributed by atoms with Gasteiger partial charge in [0, 0.05) is 19.5 Å². The number of likely N-dealkylation sites (N-methyl/N-ethyl adjacent to an activating group) is 1. The highest BCUT2D eigenvalue weighted by Crippen LogP contribution is 2.17. The van der Waals surface area contributed by atoms with Crippen molar-refractivity contribution < 1.29 is 14.0 Å². The number of halogens is 1. The van der Waals surface area contributed by atoms with Crippen LogP contribution in [0.25, 0.3) is 0 Å². The summed E-state index contributed by atoms with van der Waals surface area (Å²) in [6.45, 7) is 1.34. The molecule has 1 aromatic carbocycles. The van der Waals surface area contributed by atoms with Gasteiger partial charge in [-0.2, -0.15) is 0 Å². The zero-order valence-electron chi connectivity index (χ0n) is 11.6. The van der Waals surface area contributed by atoms with Crippen molar-refractivity contribution in [3.63, 3.8) is 0 Å². The molecule has 1 heterocycles. The number of oxime groups is 1. The lowest BCUT2D eigenvalue weighted by molar-refractivity contribution is -0.131. The maximum absolute atomic E-state index is 12.8. The Hall–Kier alpha value is -1.95. The molecule has 0 bridgehead atoms. The van der Waals surface area contributed by atoms with E-state index in [1.807, 2.05) is 19.0 Å². The quantitative estimate of drug-likeness (QED) is 0.874. The number of nitrogens with zero attached hydrogens (tertiary/aromatic N) is 2. The summed E-state index contributed by atoms with van der Waals surface area (Å²) < 4.78 is 12.8. The van der Waals surface area contributed by atoms with Gasteiger partial charge in [-0.1, -0.05) is 17.3 Å². The van der Waals surface area contributed by atoms with Crippen molar-refractivity contribution in [3.8, 4) is 0 Å². The van der Waals surface area contributed by atoms with Crippen LogP contribution in [0.4, 0.5) is 4.39 Å². The largest absolute Gasteiger partial charge is 0.382 e. The zero-order chi connectivity index (χ0) is 14.5. The smallest absolute Gasteiger partial charge is 0.264 e. The molecule has 0 unspecified atom stereocenters. The highest BCUT2D eigenvalue weighted by molar-refractivity contribution is 6.04. The van der Waals surface area contributed by atoms with Crippen LogP contribution in [0.15, 0.2) is 29.4 Å². The second-order valence-corrected chi connectivity index (χ2v) is 4.94. The minimum atomic E-state index is -0.600. The standard InChI is InChI=1S/C14H18FN3O2/c1-18(2)8-7-16-14(19)13-9-12(17-20-13)10-3-5-11(15)6-4-10/h3-6,13H,7-9H2,1-2H3,(H,16,19)/t13-/m1/s1. The fraction of sp³-hybridized carbons (Fsp3) is 0.429. The van der Waals surface area contributed by atoms with Crippen molar-refractivity contribution in [2.24, 2.45) is 5.16 Å². The molecule has 1 aromatic rings. The molecule has 1 aliphatic heterocycles. The summed E-state index contributed by atoms with van der Waals surface area (Å²) >= 11 is 0. The number of hydrogen-bond donors (Lipinski definition) is 1. The van der Waals surface area contributed by atoms with Crippen molar-refractivity contribution in [1.82, 2.24) is 10.2 Å². The van der Waals surface area contributed by atoms with Gasteiger partial charge in [-0.15, -0.1) is 0 Å². The van der Waals surface area contributed by atoms with E-state index in [1.165, 1.54) is 12.1 Å². The van der Waals surface area contributed by atoms with Crippen molar-refractivity contribution in [3.05, 3.63) is 35.6 Å². The predicted molar refractivity (Wildman–Crippen MR) is 74.0 cm³/mol. The van der Waals surface area contributed by atoms with Crippen LogP contribution in [0.3, 0.4) is 0 Å². The molecule has 1 amide bonds. The van der Waals surface area contributed by atoms with Gasteiger partial charge in [0.25, 0.3) is 5.91 Å². The van der Waals surface area contributed by atoms with Crippen LogP contribution in [-0.2, 0) is 9.63 Å². The molecular weight excluding hydrogens is 261 g/mol. The van der Waals surface area contributed by atoms with Crippen molar-refractivity contribution in [2.75, 3.05) is 27.2 Å². The number of hydrogen-bond acceptors (Lipinski definition) is 4. The maximum atomic E-state index is 12.8. The van der Waals surface area contributed by atoms with Crippen LogP contribution in [-0.4, -0.2) is 49.8 Å². The van der Waals surface area contributed by atoms with Crippen LogP contribution in [0.5, 0.6) is 0 Å². The number of carbonyl (C=O) groups is 1. The van der Waals surface area contributed by atoms with Gasteiger partial charge in [-0.3, -0.25) is 4.79 Å². The Labute approximate surface area is 117 Å². The van der Waals surface area contributed by atoms with E-state index in [1.54, 1.807) is 12.1 Å². The normalized spacial score (nSPS) is 17.8. The first kappa shape index (κ1) is 14.5. The first-order valence-corrected chi connectivity index (χ1v) is 6.47. The fourth-order valence-electron chi connectivity index (χ4n) is 1.85. The van der Waals surface area contributed by atoms with E-state index in [4.69, 9.17) is 4.84 Å². The van der Waals surface area contributed by atoms with Gasteiger partial charge in [0.2, 0.25) is 6.10 Å². The lowest BCUT2D eigenvalue weighted by atomic mass is 10.0. The van der Waals surface area contributed by atoms with Gasteiger partial charge in [-0.05, 0) is 31.8 Å². The lowest BCUT2D eigenvalue weighted by Crippen LogP contribution is -2.38. The average molecular weight is 279 g/mol. The first-order chi connectivity index (χ1) is 9.56. The molecule has 2 rings (SSSR count). The number of amides is 1. The van der Waals surface area contributed by atoms with Gasteiger partial charge in [0.05, 0.1) is 5.71 Å². The maximum Gasteiger partial charge on any atom is 0.264 e. The van der Waals surface area contributed by atoms with Gasteiger partial charge >= 0.3 is 0 Å². The monoisotopic (exact) mass is 279 g/mol. The van der Waals surface area contributed by atoms with Crippen LogP contribution in [0, 0.1) is 5.82 Å².